The molecule has 2 rings (SSSR count). The van der Waals surface area contributed by atoms with Crippen LogP contribution in [0.3, 0.4) is 0 Å². The van der Waals surface area contributed by atoms with Crippen molar-refractivity contribution in [3.05, 3.63) is 64.5 Å². The first-order valence-corrected chi connectivity index (χ1v) is 7.13. The van der Waals surface area contributed by atoms with Crippen molar-refractivity contribution in [2.45, 2.75) is 20.8 Å². The Labute approximate surface area is 129 Å². The molecule has 4 nitrogen and oxygen atoms in total. The van der Waals surface area contributed by atoms with Crippen LogP contribution in [0.5, 0.6) is 0 Å². The lowest BCUT2D eigenvalue weighted by molar-refractivity contribution is 0.0519. The second kappa shape index (κ2) is 6.43. The lowest BCUT2D eigenvalue weighted by Crippen LogP contribution is -2.08. The monoisotopic (exact) mass is 297 g/mol. The van der Waals surface area contributed by atoms with Gasteiger partial charge in [-0.3, -0.25) is 4.79 Å². The minimum atomic E-state index is -0.443. The highest BCUT2D eigenvalue weighted by Gasteiger charge is 2.23. The molecule has 1 aromatic heterocycles. The summed E-state index contributed by atoms with van der Waals surface area (Å²) >= 11 is 0. The molecular formula is C18H19NO3. The number of hydrogen-bond donors (Lipinski definition) is 1. The fourth-order valence-corrected chi connectivity index (χ4v) is 2.45. The molecule has 0 saturated heterocycles. The van der Waals surface area contributed by atoms with Crippen molar-refractivity contribution in [1.29, 1.82) is 0 Å². The van der Waals surface area contributed by atoms with E-state index in [9.17, 15) is 9.59 Å². The average molecular weight is 297 g/mol. The molecule has 22 heavy (non-hydrogen) atoms. The molecule has 0 radical (unpaired) electrons. The number of H-pyrrole nitrogens is 1. The van der Waals surface area contributed by atoms with Crippen LogP contribution in [0.1, 0.15) is 50.2 Å². The van der Waals surface area contributed by atoms with Crippen molar-refractivity contribution in [2.75, 3.05) is 6.61 Å². The number of aromatic nitrogens is 1. The number of nitrogens with one attached hydrogen (secondary N) is 1. The van der Waals surface area contributed by atoms with Crippen LogP contribution in [0.25, 0.3) is 6.08 Å². The number of rotatable bonds is 5. The summed E-state index contributed by atoms with van der Waals surface area (Å²) < 4.78 is 5.00. The minimum absolute atomic E-state index is 0.120. The second-order valence-electron chi connectivity index (χ2n) is 5.00. The molecule has 0 unspecified atom stereocenters. The quantitative estimate of drug-likeness (QED) is 0.676. The van der Waals surface area contributed by atoms with E-state index in [2.05, 4.69) is 11.6 Å². The van der Waals surface area contributed by atoms with Crippen LogP contribution in [0.2, 0.25) is 0 Å². The van der Waals surface area contributed by atoms with E-state index in [1.165, 1.54) is 0 Å². The highest BCUT2D eigenvalue weighted by molar-refractivity contribution is 6.12. The highest BCUT2D eigenvalue weighted by Crippen LogP contribution is 2.22. The maximum absolute atomic E-state index is 12.7. The van der Waals surface area contributed by atoms with Gasteiger partial charge in [0.15, 0.2) is 5.78 Å². The first-order valence-electron chi connectivity index (χ1n) is 7.13. The van der Waals surface area contributed by atoms with E-state index in [0.29, 0.717) is 34.7 Å². The Morgan fingerprint density at radius 1 is 1.32 bits per heavy atom. The molecule has 1 heterocycles. The minimum Gasteiger partial charge on any atom is -0.461 e. The van der Waals surface area contributed by atoms with E-state index in [1.54, 1.807) is 39.0 Å². The van der Waals surface area contributed by atoms with Gasteiger partial charge in [-0.25, -0.2) is 4.79 Å². The van der Waals surface area contributed by atoms with Gasteiger partial charge in [0, 0.05) is 16.8 Å². The molecule has 1 aromatic carbocycles. The number of esters is 1. The summed E-state index contributed by atoms with van der Waals surface area (Å²) in [5.41, 5.74) is 3.58. The molecule has 0 saturated carbocycles. The van der Waals surface area contributed by atoms with Crippen LogP contribution in [-0.2, 0) is 4.74 Å². The summed E-state index contributed by atoms with van der Waals surface area (Å²) in [5, 5.41) is 0. The lowest BCUT2D eigenvalue weighted by Gasteiger charge is -2.04. The molecule has 0 aliphatic rings. The number of ketones is 1. The number of hydrogen-bond acceptors (Lipinski definition) is 3. The molecule has 114 valence electrons. The second-order valence-corrected chi connectivity index (χ2v) is 5.00. The van der Waals surface area contributed by atoms with Gasteiger partial charge in [0.1, 0.15) is 5.69 Å². The molecule has 0 bridgehead atoms. The van der Waals surface area contributed by atoms with E-state index in [0.717, 1.165) is 5.56 Å². The Kier molecular flexibility index (Phi) is 4.61. The van der Waals surface area contributed by atoms with Crippen LogP contribution in [0.4, 0.5) is 0 Å². The van der Waals surface area contributed by atoms with E-state index in [1.807, 2.05) is 12.1 Å². The Balaban J connectivity index is 2.46. The van der Waals surface area contributed by atoms with Gasteiger partial charge in [-0.15, -0.1) is 0 Å². The van der Waals surface area contributed by atoms with Gasteiger partial charge in [0.25, 0.3) is 0 Å². The Hall–Kier alpha value is -2.62. The topological polar surface area (TPSA) is 59.2 Å². The smallest absolute Gasteiger partial charge is 0.355 e. The van der Waals surface area contributed by atoms with Gasteiger partial charge in [-0.1, -0.05) is 30.9 Å². The third-order valence-electron chi connectivity index (χ3n) is 3.53. The molecule has 4 heteroatoms. The average Bonchev–Trinajstić information content (AvgIpc) is 2.82. The van der Waals surface area contributed by atoms with Gasteiger partial charge in [-0.2, -0.15) is 0 Å². The van der Waals surface area contributed by atoms with Crippen LogP contribution in [0.15, 0.2) is 30.8 Å². The number of carbonyl (C=O) groups excluding carboxylic acids is 2. The van der Waals surface area contributed by atoms with E-state index in [-0.39, 0.29) is 5.78 Å². The number of benzene rings is 1. The molecule has 0 spiro atoms. The lowest BCUT2D eigenvalue weighted by atomic mass is 9.98. The van der Waals surface area contributed by atoms with E-state index >= 15 is 0 Å². The third-order valence-corrected chi connectivity index (χ3v) is 3.53. The zero-order chi connectivity index (χ0) is 16.3. The molecular weight excluding hydrogens is 278 g/mol. The summed E-state index contributed by atoms with van der Waals surface area (Å²) in [6, 6.07) is 7.23. The maximum atomic E-state index is 12.7. The summed E-state index contributed by atoms with van der Waals surface area (Å²) in [4.78, 5) is 27.6. The van der Waals surface area contributed by atoms with Crippen molar-refractivity contribution < 1.29 is 14.3 Å². The first kappa shape index (κ1) is 15.8. The molecule has 0 aliphatic carbocycles. The molecule has 2 aromatic rings. The molecule has 1 N–H and O–H groups in total. The predicted molar refractivity (Wildman–Crippen MR) is 86.2 cm³/mol. The molecule has 0 atom stereocenters. The summed E-state index contributed by atoms with van der Waals surface area (Å²) in [6.45, 7) is 9.28. The first-order chi connectivity index (χ1) is 10.5. The standard InChI is InChI=1S/C18H19NO3/c1-5-13-8-7-9-14(10-13)17(20)15-11(3)16(19-12(15)4)18(21)22-6-2/h5,7-10,19H,1,6H2,2-4H3. The predicted octanol–water partition coefficient (Wildman–Crippen LogP) is 3.68. The van der Waals surface area contributed by atoms with E-state index in [4.69, 9.17) is 4.74 Å². The Morgan fingerprint density at radius 3 is 2.68 bits per heavy atom. The van der Waals surface area contributed by atoms with Gasteiger partial charge < -0.3 is 9.72 Å². The normalized spacial score (nSPS) is 10.3. The largest absolute Gasteiger partial charge is 0.461 e. The van der Waals surface area contributed by atoms with Gasteiger partial charge >= 0.3 is 5.97 Å². The summed E-state index contributed by atoms with van der Waals surface area (Å²) in [6.07, 6.45) is 1.69. The van der Waals surface area contributed by atoms with Gasteiger partial charge in [-0.05, 0) is 38.0 Å². The fourth-order valence-electron chi connectivity index (χ4n) is 2.45. The highest BCUT2D eigenvalue weighted by atomic mass is 16.5. The van der Waals surface area contributed by atoms with Crippen LogP contribution in [-0.4, -0.2) is 23.3 Å². The van der Waals surface area contributed by atoms with Crippen molar-refractivity contribution in [3.63, 3.8) is 0 Å². The molecule has 0 amide bonds. The van der Waals surface area contributed by atoms with Gasteiger partial charge in [0.05, 0.1) is 6.61 Å². The van der Waals surface area contributed by atoms with Crippen molar-refractivity contribution in [2.24, 2.45) is 0 Å². The zero-order valence-electron chi connectivity index (χ0n) is 13.0. The van der Waals surface area contributed by atoms with Crippen molar-refractivity contribution >= 4 is 17.8 Å². The van der Waals surface area contributed by atoms with Crippen LogP contribution < -0.4 is 0 Å². The number of ether oxygens (including phenoxy) is 1. The summed E-state index contributed by atoms with van der Waals surface area (Å²) in [5.74, 6) is -0.563. The third kappa shape index (κ3) is 2.86. The fraction of sp³-hybridized carbons (Fsp3) is 0.222. The SMILES string of the molecule is C=Cc1cccc(C(=O)c2c(C)[nH]c(C(=O)OCC)c2C)c1. The Bertz CT molecular complexity index is 741. The van der Waals surface area contributed by atoms with Crippen molar-refractivity contribution in [3.8, 4) is 0 Å². The maximum Gasteiger partial charge on any atom is 0.355 e. The zero-order valence-corrected chi connectivity index (χ0v) is 13.0. The van der Waals surface area contributed by atoms with E-state index < -0.39 is 5.97 Å². The molecule has 0 aliphatic heterocycles. The van der Waals surface area contributed by atoms with Crippen molar-refractivity contribution in [1.82, 2.24) is 4.98 Å². The summed E-state index contributed by atoms with van der Waals surface area (Å²) in [7, 11) is 0. The van der Waals surface area contributed by atoms with Gasteiger partial charge in [0.2, 0.25) is 0 Å². The number of aromatic amines is 1. The molecule has 0 fully saturated rings. The van der Waals surface area contributed by atoms with Crippen LogP contribution >= 0.6 is 0 Å². The number of carbonyl (C=O) groups is 2. The number of aryl methyl sites for hydroxylation is 1. The Morgan fingerprint density at radius 2 is 2.05 bits per heavy atom. The van der Waals surface area contributed by atoms with Crippen LogP contribution in [0, 0.1) is 13.8 Å².